The van der Waals surface area contributed by atoms with Crippen LogP contribution in [0.1, 0.15) is 53.4 Å². The number of ether oxygens (including phenoxy) is 1. The summed E-state index contributed by atoms with van der Waals surface area (Å²) < 4.78 is 51.8. The molecule has 9 heteroatoms. The molecule has 0 aliphatic heterocycles. The second-order valence-electron chi connectivity index (χ2n) is 10.6. The van der Waals surface area contributed by atoms with Crippen molar-refractivity contribution in [2.45, 2.75) is 76.9 Å². The first-order chi connectivity index (χ1) is 15.8. The molecule has 0 spiro atoms. The molecule has 3 fully saturated rings. The van der Waals surface area contributed by atoms with E-state index in [1.54, 1.807) is 20.8 Å². The molecular formula is C25H31F3O5S. The van der Waals surface area contributed by atoms with Crippen LogP contribution in [0.4, 0.5) is 13.2 Å². The monoisotopic (exact) mass is 500 g/mol. The van der Waals surface area contributed by atoms with E-state index in [9.17, 15) is 23.9 Å². The molecule has 0 radical (unpaired) electrons. The van der Waals surface area contributed by atoms with Crippen molar-refractivity contribution in [1.82, 2.24) is 0 Å². The molecule has 1 N–H and O–H groups in total. The molecule has 9 atom stereocenters. The van der Waals surface area contributed by atoms with Crippen LogP contribution in [0.5, 0.6) is 0 Å². The molecule has 4 rings (SSSR count). The van der Waals surface area contributed by atoms with Crippen molar-refractivity contribution in [3.05, 3.63) is 23.8 Å². The number of allylic oxidation sites excluding steroid dienone is 4. The summed E-state index contributed by atoms with van der Waals surface area (Å²) in [5.74, 6) is -3.30. The molecule has 4 aliphatic rings. The van der Waals surface area contributed by atoms with E-state index in [0.29, 0.717) is 11.8 Å². The zero-order valence-corrected chi connectivity index (χ0v) is 20.6. The van der Waals surface area contributed by atoms with E-state index < -0.39 is 75.0 Å². The molecule has 4 aliphatic carbocycles. The summed E-state index contributed by atoms with van der Waals surface area (Å²) in [6.45, 7) is 6.45. The minimum absolute atomic E-state index is 0.0141. The van der Waals surface area contributed by atoms with Crippen molar-refractivity contribution >= 4 is 28.6 Å². The van der Waals surface area contributed by atoms with Gasteiger partial charge in [-0.1, -0.05) is 26.8 Å². The van der Waals surface area contributed by atoms with Crippen LogP contribution in [-0.4, -0.2) is 51.5 Å². The lowest BCUT2D eigenvalue weighted by Gasteiger charge is -2.63. The summed E-state index contributed by atoms with van der Waals surface area (Å²) in [6, 6.07) is -1.02. The number of alkyl halides is 3. The first-order valence-corrected chi connectivity index (χ1v) is 12.7. The summed E-state index contributed by atoms with van der Waals surface area (Å²) >= 11 is 0.396. The fourth-order valence-corrected chi connectivity index (χ4v) is 8.42. The van der Waals surface area contributed by atoms with Gasteiger partial charge in [0.2, 0.25) is 5.12 Å². The Bertz CT molecular complexity index is 984. The van der Waals surface area contributed by atoms with E-state index in [1.165, 1.54) is 19.1 Å². The number of ketones is 1. The predicted molar refractivity (Wildman–Crippen MR) is 121 cm³/mol. The molecule has 0 aromatic carbocycles. The number of aliphatic hydroxyl groups excluding tert-OH is 1. The van der Waals surface area contributed by atoms with Crippen LogP contribution in [0.2, 0.25) is 0 Å². The summed E-state index contributed by atoms with van der Waals surface area (Å²) in [4.78, 5) is 37.8. The summed E-state index contributed by atoms with van der Waals surface area (Å²) in [5, 5.41) is 10.7. The van der Waals surface area contributed by atoms with Gasteiger partial charge in [0.05, 0.1) is 6.10 Å². The van der Waals surface area contributed by atoms with Crippen molar-refractivity contribution < 1.29 is 37.4 Å². The summed E-state index contributed by atoms with van der Waals surface area (Å²) in [6.07, 6.45) is 0.160. The van der Waals surface area contributed by atoms with Crippen molar-refractivity contribution in [3.63, 3.8) is 0 Å². The highest BCUT2D eigenvalue weighted by molar-refractivity contribution is 8.13. The number of hydrogen-bond donors (Lipinski definition) is 1. The largest absolute Gasteiger partial charge is 0.449 e. The van der Waals surface area contributed by atoms with Gasteiger partial charge in [0.1, 0.15) is 12.2 Å². The van der Waals surface area contributed by atoms with Crippen molar-refractivity contribution in [3.8, 4) is 0 Å². The number of rotatable bonds is 4. The number of thioether (sulfide) groups is 1. The van der Waals surface area contributed by atoms with Crippen LogP contribution in [-0.2, 0) is 19.1 Å². The molecule has 0 saturated heterocycles. The van der Waals surface area contributed by atoms with Gasteiger partial charge >= 0.3 is 5.97 Å². The van der Waals surface area contributed by atoms with Crippen LogP contribution in [0.15, 0.2) is 23.8 Å². The van der Waals surface area contributed by atoms with Crippen LogP contribution >= 0.6 is 11.8 Å². The number of esters is 1. The van der Waals surface area contributed by atoms with E-state index in [2.05, 4.69) is 0 Å². The molecule has 0 aromatic heterocycles. The number of halogens is 3. The average molecular weight is 501 g/mol. The Morgan fingerprint density at radius 1 is 1.26 bits per heavy atom. The fourth-order valence-electron chi connectivity index (χ4n) is 7.63. The molecular weight excluding hydrogens is 469 g/mol. The molecule has 0 heterocycles. The molecule has 0 amide bonds. The first-order valence-electron chi connectivity index (χ1n) is 11.7. The Morgan fingerprint density at radius 2 is 1.94 bits per heavy atom. The third-order valence-electron chi connectivity index (χ3n) is 9.22. The Balaban J connectivity index is 1.87. The van der Waals surface area contributed by atoms with Crippen LogP contribution in [0.3, 0.4) is 0 Å². The van der Waals surface area contributed by atoms with Gasteiger partial charge in [0, 0.05) is 29.1 Å². The molecule has 5 nitrogen and oxygen atoms in total. The predicted octanol–water partition coefficient (Wildman–Crippen LogP) is 4.43. The van der Waals surface area contributed by atoms with E-state index >= 15 is 8.78 Å². The van der Waals surface area contributed by atoms with E-state index in [4.69, 9.17) is 4.74 Å². The Hall–Kier alpha value is -1.61. The number of hydrogen-bond acceptors (Lipinski definition) is 6. The second kappa shape index (κ2) is 8.22. The second-order valence-corrected chi connectivity index (χ2v) is 11.5. The first kappa shape index (κ1) is 25.5. The number of fused-ring (bicyclic) bond motifs is 5. The highest BCUT2D eigenvalue weighted by Gasteiger charge is 2.78. The normalized spacial score (nSPS) is 47.4. The summed E-state index contributed by atoms with van der Waals surface area (Å²) in [5.41, 5.74) is -6.84. The van der Waals surface area contributed by atoms with E-state index in [0.717, 1.165) is 6.08 Å². The zero-order chi connectivity index (χ0) is 25.3. The smallest absolute Gasteiger partial charge is 0.306 e. The maximum atomic E-state index is 17.2. The average Bonchev–Trinajstić information content (AvgIpc) is 2.99. The topological polar surface area (TPSA) is 80.7 Å². The zero-order valence-electron chi connectivity index (χ0n) is 19.8. The molecule has 34 heavy (non-hydrogen) atoms. The minimum Gasteiger partial charge on any atom is -0.449 e. The number of carbonyl (C=O) groups is 3. The van der Waals surface area contributed by atoms with Crippen LogP contribution in [0, 0.1) is 28.6 Å². The lowest BCUT2D eigenvalue weighted by molar-refractivity contribution is -0.228. The molecule has 0 bridgehead atoms. The van der Waals surface area contributed by atoms with Crippen LogP contribution in [0.25, 0.3) is 0 Å². The number of aliphatic hydroxyl groups is 1. The van der Waals surface area contributed by atoms with Gasteiger partial charge in [-0.05, 0) is 61.6 Å². The molecule has 3 saturated carbocycles. The van der Waals surface area contributed by atoms with E-state index in [1.807, 2.05) is 0 Å². The Kier molecular flexibility index (Phi) is 6.16. The SMILES string of the molecule is CCC(=O)O[C@@]1(C(=O)SCF)[C@@H](C)C[C@@H]2[C@H]3C[C@H](F)C4=CC(=O)C=C[C@]4(C)[C@]3(F)[C@@H](O)C[C@@]21C. The van der Waals surface area contributed by atoms with E-state index in [-0.39, 0.29) is 31.3 Å². The molecule has 0 aromatic rings. The number of carbonyl (C=O) groups excluding carboxylic acids is 3. The fraction of sp³-hybridized carbons (Fsp3) is 0.720. The highest BCUT2D eigenvalue weighted by Crippen LogP contribution is 2.72. The van der Waals surface area contributed by atoms with Crippen molar-refractivity contribution in [2.75, 3.05) is 6.01 Å². The van der Waals surface area contributed by atoms with Crippen LogP contribution < -0.4 is 0 Å². The lowest BCUT2D eigenvalue weighted by Crippen LogP contribution is -2.70. The van der Waals surface area contributed by atoms with Gasteiger partial charge in [0.15, 0.2) is 17.1 Å². The standard InChI is InChI=1S/C25H31F3O5S/c1-5-20(31)33-25(21(32)34-12-26)13(2)8-15-16-10-18(27)17-9-14(29)6-7-22(17,3)24(16,28)19(30)11-23(15,25)4/h6-7,9,13,15-16,18-19,30H,5,8,10-12H2,1-4H3/t13-,15+,16+,18-,19-,22-,23-,24+,25+/m0/s1. The van der Waals surface area contributed by atoms with Gasteiger partial charge in [-0.3, -0.25) is 14.4 Å². The van der Waals surface area contributed by atoms with Crippen molar-refractivity contribution in [1.29, 1.82) is 0 Å². The Labute approximate surface area is 201 Å². The third kappa shape index (κ3) is 3.01. The van der Waals surface area contributed by atoms with Gasteiger partial charge in [-0.25, -0.2) is 13.2 Å². The lowest BCUT2D eigenvalue weighted by atomic mass is 9.44. The minimum atomic E-state index is -2.30. The third-order valence-corrected chi connectivity index (χ3v) is 9.90. The summed E-state index contributed by atoms with van der Waals surface area (Å²) in [7, 11) is 0. The van der Waals surface area contributed by atoms with Crippen molar-refractivity contribution in [2.24, 2.45) is 28.6 Å². The van der Waals surface area contributed by atoms with Gasteiger partial charge in [-0.2, -0.15) is 0 Å². The molecule has 188 valence electrons. The molecule has 0 unspecified atom stereocenters. The van der Waals surface area contributed by atoms with Gasteiger partial charge in [0.25, 0.3) is 0 Å². The van der Waals surface area contributed by atoms with Gasteiger partial charge in [-0.15, -0.1) is 0 Å². The maximum absolute atomic E-state index is 17.2. The van der Waals surface area contributed by atoms with Gasteiger partial charge < -0.3 is 9.84 Å². The Morgan fingerprint density at radius 3 is 2.56 bits per heavy atom. The highest BCUT2D eigenvalue weighted by atomic mass is 32.2. The quantitative estimate of drug-likeness (QED) is 0.576. The maximum Gasteiger partial charge on any atom is 0.306 e.